The minimum atomic E-state index is -0.358. The van der Waals surface area contributed by atoms with E-state index in [1.165, 1.54) is 67.6 Å². The van der Waals surface area contributed by atoms with Gasteiger partial charge in [-0.15, -0.1) is 0 Å². The summed E-state index contributed by atoms with van der Waals surface area (Å²) in [6, 6.07) is 6.29. The molecule has 1 atom stereocenters. The molecule has 0 aliphatic carbocycles. The summed E-state index contributed by atoms with van der Waals surface area (Å²) in [5.41, 5.74) is 6.18. The molecule has 0 spiro atoms. The maximum atomic E-state index is 13.1. The Bertz CT molecular complexity index is 830. The van der Waals surface area contributed by atoms with E-state index < -0.39 is 0 Å². The molecule has 4 amide bonds. The van der Waals surface area contributed by atoms with E-state index in [1.54, 1.807) is 31.4 Å². The van der Waals surface area contributed by atoms with Gasteiger partial charge in [0.1, 0.15) is 12.3 Å². The van der Waals surface area contributed by atoms with Crippen molar-refractivity contribution in [2.24, 2.45) is 5.73 Å². The predicted octanol–water partition coefficient (Wildman–Crippen LogP) is 5.78. The van der Waals surface area contributed by atoms with E-state index >= 15 is 0 Å². The number of carbonyl (C=O) groups excluding carboxylic acids is 3. The predicted molar refractivity (Wildman–Crippen MR) is 153 cm³/mol. The average molecular weight is 531 g/mol. The fourth-order valence-corrected chi connectivity index (χ4v) is 4.94. The lowest BCUT2D eigenvalue weighted by Gasteiger charge is -2.24. The summed E-state index contributed by atoms with van der Waals surface area (Å²) in [5.74, 6) is 0.405. The molecule has 0 aromatic heterocycles. The second-order valence-electron chi connectivity index (χ2n) is 10.4. The van der Waals surface area contributed by atoms with Crippen LogP contribution >= 0.6 is 0 Å². The number of hydrogen-bond donors (Lipinski definition) is 2. The molecule has 1 aliphatic heterocycles. The summed E-state index contributed by atoms with van der Waals surface area (Å²) in [6.45, 7) is 3.15. The first-order valence-corrected chi connectivity index (χ1v) is 14.8. The summed E-state index contributed by atoms with van der Waals surface area (Å²) < 4.78 is 5.17. The monoisotopic (exact) mass is 530 g/mol. The topological polar surface area (TPSA) is 105 Å². The van der Waals surface area contributed by atoms with Crippen molar-refractivity contribution < 1.29 is 19.1 Å². The van der Waals surface area contributed by atoms with E-state index in [9.17, 15) is 14.4 Å². The average Bonchev–Trinajstić information content (AvgIpc) is 3.19. The number of amides is 4. The van der Waals surface area contributed by atoms with Crippen LogP contribution < -0.4 is 20.7 Å². The fraction of sp³-hybridized carbons (Fsp3) is 0.700. The minimum Gasteiger partial charge on any atom is -0.497 e. The lowest BCUT2D eigenvalue weighted by Crippen LogP contribution is -2.45. The zero-order valence-electron chi connectivity index (χ0n) is 23.7. The van der Waals surface area contributed by atoms with Gasteiger partial charge in [0.2, 0.25) is 5.91 Å². The first-order valence-electron chi connectivity index (χ1n) is 14.8. The minimum absolute atomic E-state index is 0.00667. The third-order valence-electron chi connectivity index (χ3n) is 7.19. The van der Waals surface area contributed by atoms with Crippen molar-refractivity contribution in [3.05, 3.63) is 24.3 Å². The number of benzene rings is 1. The summed E-state index contributed by atoms with van der Waals surface area (Å²) >= 11 is 0. The van der Waals surface area contributed by atoms with Crippen LogP contribution in [0.2, 0.25) is 0 Å². The highest BCUT2D eigenvalue weighted by Gasteiger charge is 2.38. The highest BCUT2D eigenvalue weighted by molar-refractivity contribution is 6.19. The molecule has 8 nitrogen and oxygen atoms in total. The smallest absolute Gasteiger partial charge is 0.331 e. The quantitative estimate of drug-likeness (QED) is 0.155. The van der Waals surface area contributed by atoms with Crippen molar-refractivity contribution in [2.45, 2.75) is 109 Å². The van der Waals surface area contributed by atoms with Crippen LogP contribution in [0.25, 0.3) is 0 Å². The van der Waals surface area contributed by atoms with Crippen LogP contribution in [0.3, 0.4) is 0 Å². The molecular weight excluding hydrogens is 480 g/mol. The number of unbranched alkanes of at least 4 members (excludes halogenated alkanes) is 11. The van der Waals surface area contributed by atoms with Gasteiger partial charge in [-0.05, 0) is 50.1 Å². The second kappa shape index (κ2) is 18.6. The molecule has 2 rings (SSSR count). The van der Waals surface area contributed by atoms with Crippen LogP contribution in [0.1, 0.15) is 103 Å². The van der Waals surface area contributed by atoms with Crippen LogP contribution in [-0.4, -0.2) is 55.5 Å². The molecule has 3 N–H and O–H groups in total. The maximum Gasteiger partial charge on any atom is 0.331 e. The van der Waals surface area contributed by atoms with Crippen molar-refractivity contribution in [2.75, 3.05) is 31.6 Å². The van der Waals surface area contributed by atoms with Gasteiger partial charge in [-0.3, -0.25) is 9.59 Å². The van der Waals surface area contributed by atoms with Gasteiger partial charge < -0.3 is 20.7 Å². The molecule has 1 aromatic carbocycles. The number of anilines is 1. The zero-order valence-corrected chi connectivity index (χ0v) is 23.7. The van der Waals surface area contributed by atoms with E-state index in [4.69, 9.17) is 10.5 Å². The van der Waals surface area contributed by atoms with Gasteiger partial charge in [-0.2, -0.15) is 0 Å². The Morgan fingerprint density at radius 1 is 0.921 bits per heavy atom. The normalized spacial score (nSPS) is 14.3. The summed E-state index contributed by atoms with van der Waals surface area (Å²) in [4.78, 5) is 41.2. The SMILES string of the molecule is CCCCCCCCCCCCCC(=O)NC(CCCCN)CN1CC(=O)N(c2ccc(OC)cc2)C1=O. The molecule has 0 bridgehead atoms. The summed E-state index contributed by atoms with van der Waals surface area (Å²) in [6.07, 6.45) is 16.6. The van der Waals surface area contributed by atoms with Crippen LogP contribution in [-0.2, 0) is 9.59 Å². The van der Waals surface area contributed by atoms with Crippen LogP contribution in [0.15, 0.2) is 24.3 Å². The Balaban J connectivity index is 1.75. The zero-order chi connectivity index (χ0) is 27.6. The molecule has 1 saturated heterocycles. The van der Waals surface area contributed by atoms with Crippen molar-refractivity contribution >= 4 is 23.5 Å². The van der Waals surface area contributed by atoms with E-state index in [2.05, 4.69) is 12.2 Å². The number of nitrogens with two attached hydrogens (primary N) is 1. The number of nitrogens with one attached hydrogen (secondary N) is 1. The van der Waals surface area contributed by atoms with E-state index in [-0.39, 0.29) is 30.4 Å². The Morgan fingerprint density at radius 3 is 2.11 bits per heavy atom. The van der Waals surface area contributed by atoms with E-state index in [0.717, 1.165) is 32.1 Å². The Morgan fingerprint density at radius 2 is 1.53 bits per heavy atom. The molecule has 214 valence electrons. The van der Waals surface area contributed by atoms with Crippen LogP contribution in [0.4, 0.5) is 10.5 Å². The van der Waals surface area contributed by atoms with Gasteiger partial charge in [0.05, 0.1) is 12.8 Å². The lowest BCUT2D eigenvalue weighted by atomic mass is 10.0. The molecule has 1 aromatic rings. The van der Waals surface area contributed by atoms with Gasteiger partial charge in [-0.25, -0.2) is 9.69 Å². The molecular formula is C30H50N4O4. The van der Waals surface area contributed by atoms with E-state index in [0.29, 0.717) is 30.9 Å². The third-order valence-corrected chi connectivity index (χ3v) is 7.19. The van der Waals surface area contributed by atoms with Crippen LogP contribution in [0, 0.1) is 0 Å². The molecule has 0 radical (unpaired) electrons. The van der Waals surface area contributed by atoms with Gasteiger partial charge >= 0.3 is 6.03 Å². The van der Waals surface area contributed by atoms with Crippen molar-refractivity contribution in [1.82, 2.24) is 10.2 Å². The number of hydrogen-bond acceptors (Lipinski definition) is 5. The number of nitrogens with zero attached hydrogens (tertiary/aromatic N) is 2. The lowest BCUT2D eigenvalue weighted by molar-refractivity contribution is -0.122. The maximum absolute atomic E-state index is 13.1. The molecule has 38 heavy (non-hydrogen) atoms. The third kappa shape index (κ3) is 11.4. The molecule has 0 saturated carbocycles. The fourth-order valence-electron chi connectivity index (χ4n) is 4.94. The van der Waals surface area contributed by atoms with Crippen LogP contribution in [0.5, 0.6) is 5.75 Å². The first kappa shape index (κ1) is 31.6. The molecule has 1 fully saturated rings. The number of urea groups is 1. The van der Waals surface area contributed by atoms with Crippen molar-refractivity contribution in [3.8, 4) is 5.75 Å². The Hall–Kier alpha value is -2.61. The number of imide groups is 1. The van der Waals surface area contributed by atoms with Gasteiger partial charge in [0.15, 0.2) is 0 Å². The standard InChI is InChI=1S/C30H50N4O4/c1-3-4-5-6-7-8-9-10-11-12-13-17-28(35)32-25(16-14-15-22-31)23-33-24-29(36)34(30(33)37)26-18-20-27(38-2)21-19-26/h18-21,25H,3-17,22-24,31H2,1-2H3,(H,32,35). The Kier molecular flexibility index (Phi) is 15.5. The van der Waals surface area contributed by atoms with Gasteiger partial charge in [0.25, 0.3) is 5.91 Å². The number of carbonyl (C=O) groups is 3. The summed E-state index contributed by atoms with van der Waals surface area (Å²) in [5, 5.41) is 3.12. The second-order valence-corrected chi connectivity index (χ2v) is 10.4. The van der Waals surface area contributed by atoms with Gasteiger partial charge in [-0.1, -0.05) is 77.6 Å². The van der Waals surface area contributed by atoms with Crippen molar-refractivity contribution in [1.29, 1.82) is 0 Å². The molecule has 8 heteroatoms. The molecule has 1 unspecified atom stereocenters. The Labute approximate surface area is 229 Å². The highest BCUT2D eigenvalue weighted by atomic mass is 16.5. The largest absolute Gasteiger partial charge is 0.497 e. The van der Waals surface area contributed by atoms with Crippen molar-refractivity contribution in [3.63, 3.8) is 0 Å². The number of rotatable bonds is 21. The first-order chi connectivity index (χ1) is 18.5. The van der Waals surface area contributed by atoms with E-state index in [1.807, 2.05) is 0 Å². The number of ether oxygens (including phenoxy) is 1. The molecule has 1 aliphatic rings. The molecule has 1 heterocycles. The van der Waals surface area contributed by atoms with Gasteiger partial charge in [0, 0.05) is 19.0 Å². The highest BCUT2D eigenvalue weighted by Crippen LogP contribution is 2.24. The summed E-state index contributed by atoms with van der Waals surface area (Å²) in [7, 11) is 1.57. The number of methoxy groups -OCH3 is 1.